The number of hydrogen-bond acceptors (Lipinski definition) is 6. The highest BCUT2D eigenvalue weighted by Gasteiger charge is 2.09. The monoisotopic (exact) mass is 297 g/mol. The van der Waals surface area contributed by atoms with Crippen molar-refractivity contribution in [2.45, 2.75) is 6.54 Å². The topological polar surface area (TPSA) is 108 Å². The van der Waals surface area contributed by atoms with Gasteiger partial charge < -0.3 is 0 Å². The van der Waals surface area contributed by atoms with Crippen LogP contribution < -0.4 is 10.9 Å². The third-order valence-electron chi connectivity index (χ3n) is 2.70. The van der Waals surface area contributed by atoms with Gasteiger partial charge in [-0.1, -0.05) is 0 Å². The second-order valence-corrected chi connectivity index (χ2v) is 4.26. The highest BCUT2D eigenvalue weighted by Crippen LogP contribution is 1.99. The number of aromatic nitrogens is 6. The summed E-state index contributed by atoms with van der Waals surface area (Å²) < 4.78 is 2.55. The van der Waals surface area contributed by atoms with Gasteiger partial charge in [-0.2, -0.15) is 5.10 Å². The van der Waals surface area contributed by atoms with Crippen LogP contribution in [0.2, 0.25) is 0 Å². The van der Waals surface area contributed by atoms with Crippen molar-refractivity contribution in [2.24, 2.45) is 0 Å². The number of hydrogen-bond donors (Lipinski definition) is 1. The molecule has 0 aliphatic heterocycles. The minimum Gasteiger partial charge on any atom is -0.293 e. The van der Waals surface area contributed by atoms with Crippen LogP contribution in [-0.2, 0) is 11.3 Å². The zero-order chi connectivity index (χ0) is 15.4. The van der Waals surface area contributed by atoms with Gasteiger partial charge >= 0.3 is 0 Å². The largest absolute Gasteiger partial charge is 0.293 e. The van der Waals surface area contributed by atoms with Crippen molar-refractivity contribution in [3.8, 4) is 5.82 Å². The van der Waals surface area contributed by atoms with Gasteiger partial charge in [-0.05, 0) is 18.2 Å². The summed E-state index contributed by atoms with van der Waals surface area (Å²) in [5, 5.41) is 10.6. The number of amides is 1. The molecule has 0 radical (unpaired) electrons. The Labute approximate surface area is 124 Å². The number of carbonyl (C=O) groups is 1. The van der Waals surface area contributed by atoms with E-state index in [-0.39, 0.29) is 18.1 Å². The number of nitrogens with zero attached hydrogens (tertiary/aromatic N) is 6. The fourth-order valence-corrected chi connectivity index (χ4v) is 1.74. The Morgan fingerprint density at radius 2 is 1.95 bits per heavy atom. The molecule has 0 unspecified atom stereocenters. The summed E-state index contributed by atoms with van der Waals surface area (Å²) in [5.74, 6) is 0.163. The zero-order valence-electron chi connectivity index (χ0n) is 11.3. The van der Waals surface area contributed by atoms with Crippen LogP contribution in [0.15, 0.2) is 53.8 Å². The first-order valence-corrected chi connectivity index (χ1v) is 6.37. The lowest BCUT2D eigenvalue weighted by atomic mass is 10.5. The second-order valence-electron chi connectivity index (χ2n) is 4.26. The minimum atomic E-state index is -0.446. The molecular formula is C13H11N7O2. The van der Waals surface area contributed by atoms with Gasteiger partial charge in [0.25, 0.3) is 5.56 Å². The highest BCUT2D eigenvalue weighted by atomic mass is 16.2. The van der Waals surface area contributed by atoms with E-state index in [1.54, 1.807) is 24.5 Å². The van der Waals surface area contributed by atoms with E-state index in [1.807, 2.05) is 0 Å². The number of carbonyl (C=O) groups excluding carboxylic acids is 1. The summed E-state index contributed by atoms with van der Waals surface area (Å²) in [6, 6.07) is 6.23. The molecule has 1 amide bonds. The maximum atomic E-state index is 11.9. The predicted octanol–water partition coefficient (Wildman–Crippen LogP) is -0.142. The van der Waals surface area contributed by atoms with E-state index in [0.29, 0.717) is 5.82 Å². The number of rotatable bonds is 4. The maximum Gasteiger partial charge on any atom is 0.267 e. The first-order valence-electron chi connectivity index (χ1n) is 6.37. The highest BCUT2D eigenvalue weighted by molar-refractivity contribution is 5.88. The van der Waals surface area contributed by atoms with Crippen LogP contribution in [0.25, 0.3) is 5.82 Å². The molecule has 0 bridgehead atoms. The summed E-state index contributed by atoms with van der Waals surface area (Å²) in [6.07, 6.45) is 6.29. The predicted molar refractivity (Wildman–Crippen MR) is 76.3 cm³/mol. The van der Waals surface area contributed by atoms with Crippen molar-refractivity contribution in [2.75, 3.05) is 5.32 Å². The lowest BCUT2D eigenvalue weighted by Crippen LogP contribution is -2.30. The smallest absolute Gasteiger partial charge is 0.267 e. The van der Waals surface area contributed by atoms with Crippen LogP contribution >= 0.6 is 0 Å². The zero-order valence-corrected chi connectivity index (χ0v) is 11.3. The molecule has 0 saturated heterocycles. The molecule has 1 N–H and O–H groups in total. The van der Waals surface area contributed by atoms with Gasteiger partial charge in [0, 0.05) is 30.9 Å². The van der Waals surface area contributed by atoms with Gasteiger partial charge in [0.05, 0.1) is 0 Å². The van der Waals surface area contributed by atoms with Crippen molar-refractivity contribution in [1.82, 2.24) is 29.5 Å². The Bertz CT molecular complexity index is 827. The number of anilines is 1. The Morgan fingerprint density at radius 3 is 2.68 bits per heavy atom. The first kappa shape index (κ1) is 13.6. The summed E-state index contributed by atoms with van der Waals surface area (Å²) >= 11 is 0. The molecule has 9 heteroatoms. The van der Waals surface area contributed by atoms with E-state index >= 15 is 0 Å². The third-order valence-corrected chi connectivity index (χ3v) is 2.70. The molecule has 3 heterocycles. The molecule has 9 nitrogen and oxygen atoms in total. The van der Waals surface area contributed by atoms with Gasteiger partial charge in [0.15, 0.2) is 5.82 Å². The summed E-state index contributed by atoms with van der Waals surface area (Å²) in [4.78, 5) is 31.5. The van der Waals surface area contributed by atoms with Crippen LogP contribution in [0, 0.1) is 0 Å². The van der Waals surface area contributed by atoms with E-state index in [2.05, 4.69) is 25.5 Å². The van der Waals surface area contributed by atoms with Crippen LogP contribution in [0.3, 0.4) is 0 Å². The molecule has 110 valence electrons. The quantitative estimate of drug-likeness (QED) is 0.718. The fourth-order valence-electron chi connectivity index (χ4n) is 1.74. The molecule has 0 saturated carbocycles. The summed E-state index contributed by atoms with van der Waals surface area (Å²) in [5.41, 5.74) is -0.389. The molecule has 0 spiro atoms. The van der Waals surface area contributed by atoms with Crippen molar-refractivity contribution < 1.29 is 4.79 Å². The van der Waals surface area contributed by atoms with Gasteiger partial charge in [-0.25, -0.2) is 19.3 Å². The van der Waals surface area contributed by atoms with Crippen LogP contribution in [0.5, 0.6) is 0 Å². The normalized spacial score (nSPS) is 10.4. The lowest BCUT2D eigenvalue weighted by molar-refractivity contribution is -0.117. The molecule has 0 aliphatic rings. The summed E-state index contributed by atoms with van der Waals surface area (Å²) in [7, 11) is 0. The van der Waals surface area contributed by atoms with Crippen molar-refractivity contribution in [1.29, 1.82) is 0 Å². The van der Waals surface area contributed by atoms with Crippen LogP contribution in [0.4, 0.5) is 5.95 Å². The number of nitrogens with one attached hydrogen (secondary N) is 1. The van der Waals surface area contributed by atoms with Crippen molar-refractivity contribution in [3.63, 3.8) is 0 Å². The molecule has 0 aliphatic carbocycles. The third kappa shape index (κ3) is 3.03. The molecule has 0 fully saturated rings. The molecule has 0 atom stereocenters. The second kappa shape index (κ2) is 5.95. The van der Waals surface area contributed by atoms with E-state index < -0.39 is 5.91 Å². The van der Waals surface area contributed by atoms with Crippen LogP contribution in [-0.4, -0.2) is 35.4 Å². The molecule has 3 aromatic heterocycles. The molecule has 0 aromatic carbocycles. The Kier molecular flexibility index (Phi) is 3.69. The molecule has 3 aromatic rings. The van der Waals surface area contributed by atoms with Gasteiger partial charge in [-0.15, -0.1) is 5.10 Å². The van der Waals surface area contributed by atoms with Crippen molar-refractivity contribution >= 4 is 11.9 Å². The average Bonchev–Trinajstić information content (AvgIpc) is 3.05. The fraction of sp³-hybridized carbons (Fsp3) is 0.0769. The maximum absolute atomic E-state index is 11.9. The van der Waals surface area contributed by atoms with Crippen molar-refractivity contribution in [3.05, 3.63) is 59.4 Å². The minimum absolute atomic E-state index is 0.170. The lowest BCUT2D eigenvalue weighted by Gasteiger charge is -2.07. The van der Waals surface area contributed by atoms with E-state index in [9.17, 15) is 9.59 Å². The van der Waals surface area contributed by atoms with Gasteiger partial charge in [0.2, 0.25) is 11.9 Å². The molecule has 3 rings (SSSR count). The Balaban J connectivity index is 1.78. The SMILES string of the molecule is O=C(Cn1nc(-n2cccn2)ccc1=O)Nc1ncccn1. The van der Waals surface area contributed by atoms with Crippen LogP contribution in [0.1, 0.15) is 0 Å². The van der Waals surface area contributed by atoms with E-state index in [1.165, 1.54) is 29.2 Å². The van der Waals surface area contributed by atoms with E-state index in [4.69, 9.17) is 0 Å². The Hall–Kier alpha value is -3.36. The average molecular weight is 297 g/mol. The molecule has 22 heavy (non-hydrogen) atoms. The van der Waals surface area contributed by atoms with Gasteiger partial charge in [0.1, 0.15) is 6.54 Å². The van der Waals surface area contributed by atoms with E-state index in [0.717, 1.165) is 4.68 Å². The first-order chi connectivity index (χ1) is 10.7. The molecular weight excluding hydrogens is 286 g/mol. The standard InChI is InChI=1S/C13H11N7O2/c21-11(17-13-14-5-1-6-15-13)9-20-12(22)4-3-10(18-20)19-8-2-7-16-19/h1-8H,9H2,(H,14,15,17,21). The van der Waals surface area contributed by atoms with Gasteiger partial charge in [-0.3, -0.25) is 14.9 Å². The Morgan fingerprint density at radius 1 is 1.14 bits per heavy atom. The summed E-state index contributed by atoms with van der Waals surface area (Å²) in [6.45, 7) is -0.244.